The summed E-state index contributed by atoms with van der Waals surface area (Å²) in [5.74, 6) is 0.855. The van der Waals surface area contributed by atoms with Crippen LogP contribution in [0, 0.1) is 0 Å². The summed E-state index contributed by atoms with van der Waals surface area (Å²) in [6.07, 6.45) is 3.40. The lowest BCUT2D eigenvalue weighted by Gasteiger charge is -2.32. The molecule has 0 radical (unpaired) electrons. The normalized spacial score (nSPS) is 26.8. The summed E-state index contributed by atoms with van der Waals surface area (Å²) in [6, 6.07) is 3.82. The Balaban J connectivity index is 1.50. The summed E-state index contributed by atoms with van der Waals surface area (Å²) in [5, 5.41) is 3.37. The second-order valence-corrected chi connectivity index (χ2v) is 5.87. The van der Waals surface area contributed by atoms with E-state index in [2.05, 4.69) is 21.2 Å². The van der Waals surface area contributed by atoms with Crippen molar-refractivity contribution in [2.45, 2.75) is 37.6 Å². The van der Waals surface area contributed by atoms with Gasteiger partial charge in [-0.2, -0.15) is 0 Å². The number of furan rings is 1. The van der Waals surface area contributed by atoms with Crippen molar-refractivity contribution in [3.63, 3.8) is 0 Å². The summed E-state index contributed by atoms with van der Waals surface area (Å²) < 4.78 is 18.0. The van der Waals surface area contributed by atoms with Crippen LogP contribution >= 0.6 is 15.9 Å². The fraction of sp³-hybridized carbons (Fsp3) is 0.692. The predicted octanol–water partition coefficient (Wildman–Crippen LogP) is 2.47. The number of hydrogen-bond donors (Lipinski definition) is 1. The molecule has 2 aliphatic heterocycles. The lowest BCUT2D eigenvalue weighted by molar-refractivity contribution is -0.0247. The maximum absolute atomic E-state index is 5.98. The quantitative estimate of drug-likeness (QED) is 0.930. The highest BCUT2D eigenvalue weighted by molar-refractivity contribution is 9.10. The van der Waals surface area contributed by atoms with Crippen molar-refractivity contribution in [3.05, 3.63) is 22.6 Å². The maximum atomic E-state index is 5.98. The first-order valence-electron chi connectivity index (χ1n) is 6.46. The Morgan fingerprint density at radius 2 is 2.22 bits per heavy atom. The van der Waals surface area contributed by atoms with Gasteiger partial charge in [-0.15, -0.1) is 0 Å². The Kier molecular flexibility index (Phi) is 3.75. The van der Waals surface area contributed by atoms with E-state index in [1.165, 1.54) is 0 Å². The number of ether oxygens (including phenoxy) is 2. The van der Waals surface area contributed by atoms with E-state index in [0.717, 1.165) is 42.8 Å². The van der Waals surface area contributed by atoms with Crippen LogP contribution in [0.1, 0.15) is 25.0 Å². The lowest BCUT2D eigenvalue weighted by atomic mass is 9.89. The largest absolute Gasteiger partial charge is 0.452 e. The smallest absolute Gasteiger partial charge is 0.169 e. The molecule has 2 fully saturated rings. The highest BCUT2D eigenvalue weighted by atomic mass is 79.9. The zero-order valence-electron chi connectivity index (χ0n) is 10.3. The number of piperidine rings is 1. The molecule has 100 valence electrons. The van der Waals surface area contributed by atoms with Crippen LogP contribution in [0.2, 0.25) is 0 Å². The fourth-order valence-electron chi connectivity index (χ4n) is 2.77. The summed E-state index contributed by atoms with van der Waals surface area (Å²) >= 11 is 3.29. The highest BCUT2D eigenvalue weighted by Gasteiger charge is 2.41. The molecule has 5 heteroatoms. The molecule has 0 bridgehead atoms. The van der Waals surface area contributed by atoms with E-state index in [1.54, 1.807) is 0 Å². The SMILES string of the molecule is Brc1ccc(COC2COC3(CCNCC3)C2)o1. The minimum Gasteiger partial charge on any atom is -0.452 e. The standard InChI is InChI=1S/C13H18BrNO3/c14-12-2-1-10(18-12)8-16-11-7-13(17-9-11)3-5-15-6-4-13/h1-2,11,15H,3-9H2. The summed E-state index contributed by atoms with van der Waals surface area (Å²) in [5.41, 5.74) is 0.0691. The predicted molar refractivity (Wildman–Crippen MR) is 70.4 cm³/mol. The van der Waals surface area contributed by atoms with Gasteiger partial charge in [0.05, 0.1) is 18.3 Å². The number of hydrogen-bond acceptors (Lipinski definition) is 4. The van der Waals surface area contributed by atoms with Gasteiger partial charge in [-0.05, 0) is 54.0 Å². The number of rotatable bonds is 3. The van der Waals surface area contributed by atoms with Crippen molar-refractivity contribution in [1.29, 1.82) is 0 Å². The molecule has 0 aliphatic carbocycles. The Labute approximate surface area is 115 Å². The Bertz CT molecular complexity index is 401. The molecule has 2 saturated heterocycles. The van der Waals surface area contributed by atoms with Gasteiger partial charge in [0.25, 0.3) is 0 Å². The van der Waals surface area contributed by atoms with Crippen LogP contribution < -0.4 is 5.32 Å². The molecule has 0 amide bonds. The molecule has 4 nitrogen and oxygen atoms in total. The van der Waals surface area contributed by atoms with E-state index in [4.69, 9.17) is 13.9 Å². The van der Waals surface area contributed by atoms with Gasteiger partial charge in [0.2, 0.25) is 0 Å². The molecule has 1 spiro atoms. The van der Waals surface area contributed by atoms with Gasteiger partial charge in [0.15, 0.2) is 4.67 Å². The van der Waals surface area contributed by atoms with Gasteiger partial charge in [-0.3, -0.25) is 0 Å². The zero-order valence-corrected chi connectivity index (χ0v) is 11.9. The number of nitrogens with one attached hydrogen (secondary N) is 1. The van der Waals surface area contributed by atoms with Crippen LogP contribution in [0.5, 0.6) is 0 Å². The third-order valence-electron chi connectivity index (χ3n) is 3.78. The van der Waals surface area contributed by atoms with Crippen LogP contribution in [0.4, 0.5) is 0 Å². The molecule has 18 heavy (non-hydrogen) atoms. The third kappa shape index (κ3) is 2.79. The monoisotopic (exact) mass is 315 g/mol. The van der Waals surface area contributed by atoms with Crippen LogP contribution in [0.3, 0.4) is 0 Å². The molecule has 0 saturated carbocycles. The van der Waals surface area contributed by atoms with Crippen molar-refractivity contribution in [3.8, 4) is 0 Å². The minimum atomic E-state index is 0.0691. The molecule has 1 aromatic rings. The first kappa shape index (κ1) is 12.7. The summed E-state index contributed by atoms with van der Waals surface area (Å²) in [7, 11) is 0. The molecule has 1 atom stereocenters. The Morgan fingerprint density at radius 3 is 2.94 bits per heavy atom. The first-order chi connectivity index (χ1) is 8.76. The summed E-state index contributed by atoms with van der Waals surface area (Å²) in [4.78, 5) is 0. The molecular formula is C13H18BrNO3. The Hall–Kier alpha value is -0.360. The molecule has 1 N–H and O–H groups in total. The van der Waals surface area contributed by atoms with Crippen molar-refractivity contribution in [1.82, 2.24) is 5.32 Å². The summed E-state index contributed by atoms with van der Waals surface area (Å²) in [6.45, 7) is 3.34. The molecule has 2 aliphatic rings. The maximum Gasteiger partial charge on any atom is 0.169 e. The van der Waals surface area contributed by atoms with E-state index >= 15 is 0 Å². The number of halogens is 1. The van der Waals surface area contributed by atoms with Gasteiger partial charge in [0.1, 0.15) is 12.4 Å². The molecule has 1 unspecified atom stereocenters. The Morgan fingerprint density at radius 1 is 1.39 bits per heavy atom. The van der Waals surface area contributed by atoms with E-state index in [9.17, 15) is 0 Å². The third-order valence-corrected chi connectivity index (χ3v) is 4.21. The minimum absolute atomic E-state index is 0.0691. The van der Waals surface area contributed by atoms with Crippen molar-refractivity contribution in [2.24, 2.45) is 0 Å². The van der Waals surface area contributed by atoms with E-state index < -0.39 is 0 Å². The van der Waals surface area contributed by atoms with Crippen LogP contribution in [0.25, 0.3) is 0 Å². The highest BCUT2D eigenvalue weighted by Crippen LogP contribution is 2.35. The van der Waals surface area contributed by atoms with Gasteiger partial charge in [0, 0.05) is 6.42 Å². The molecule has 3 rings (SSSR count). The average molecular weight is 316 g/mol. The van der Waals surface area contributed by atoms with Crippen LogP contribution in [-0.4, -0.2) is 31.4 Å². The van der Waals surface area contributed by atoms with Crippen LogP contribution in [0.15, 0.2) is 21.2 Å². The molecule has 3 heterocycles. The van der Waals surface area contributed by atoms with Crippen molar-refractivity contribution < 1.29 is 13.9 Å². The fourth-order valence-corrected chi connectivity index (χ4v) is 3.11. The van der Waals surface area contributed by atoms with Crippen LogP contribution in [-0.2, 0) is 16.1 Å². The molecular weight excluding hydrogens is 298 g/mol. The van der Waals surface area contributed by atoms with E-state index in [-0.39, 0.29) is 11.7 Å². The van der Waals surface area contributed by atoms with Crippen molar-refractivity contribution >= 4 is 15.9 Å². The van der Waals surface area contributed by atoms with Gasteiger partial charge >= 0.3 is 0 Å². The van der Waals surface area contributed by atoms with Gasteiger partial charge in [-0.1, -0.05) is 0 Å². The second kappa shape index (κ2) is 5.33. The topological polar surface area (TPSA) is 43.6 Å². The molecule has 0 aromatic carbocycles. The zero-order chi connectivity index (χ0) is 12.4. The van der Waals surface area contributed by atoms with E-state index in [1.807, 2.05) is 12.1 Å². The van der Waals surface area contributed by atoms with E-state index in [0.29, 0.717) is 13.2 Å². The van der Waals surface area contributed by atoms with Gasteiger partial charge in [-0.25, -0.2) is 0 Å². The first-order valence-corrected chi connectivity index (χ1v) is 7.26. The second-order valence-electron chi connectivity index (χ2n) is 5.09. The van der Waals surface area contributed by atoms with Gasteiger partial charge < -0.3 is 19.2 Å². The average Bonchev–Trinajstić information content (AvgIpc) is 2.96. The lowest BCUT2D eigenvalue weighted by Crippen LogP contribution is -2.41. The van der Waals surface area contributed by atoms with Crippen molar-refractivity contribution in [2.75, 3.05) is 19.7 Å². The molecule has 1 aromatic heterocycles.